The van der Waals surface area contributed by atoms with Crippen LogP contribution in [0.2, 0.25) is 0 Å². The van der Waals surface area contributed by atoms with Gasteiger partial charge in [0.25, 0.3) is 0 Å². The van der Waals surface area contributed by atoms with Gasteiger partial charge in [0.05, 0.1) is 6.42 Å². The molecule has 24 heavy (non-hydrogen) atoms. The van der Waals surface area contributed by atoms with E-state index in [4.69, 9.17) is 9.26 Å². The molecule has 7 heteroatoms. The van der Waals surface area contributed by atoms with Crippen LogP contribution in [0.15, 0.2) is 59.4 Å². The Morgan fingerprint density at radius 3 is 2.71 bits per heavy atom. The van der Waals surface area contributed by atoms with Gasteiger partial charge in [-0.15, -0.1) is 0 Å². The molecule has 0 aliphatic heterocycles. The standard InChI is InChI=1S/C17H16N4O3/c22-16(7-10-20-17-18-8-4-9-19-17)23-12-14-11-15(24-21-14)13-5-2-1-3-6-13/h1-6,8-9,11H,7,10,12H2,(H,18,19,20). The molecule has 0 radical (unpaired) electrons. The van der Waals surface area contributed by atoms with E-state index in [-0.39, 0.29) is 19.0 Å². The van der Waals surface area contributed by atoms with Gasteiger partial charge in [0.1, 0.15) is 12.3 Å². The predicted octanol–water partition coefficient (Wildman–Crippen LogP) is 2.68. The number of hydrogen-bond donors (Lipinski definition) is 1. The highest BCUT2D eigenvalue weighted by molar-refractivity contribution is 5.70. The van der Waals surface area contributed by atoms with Crippen LogP contribution in [0.1, 0.15) is 12.1 Å². The van der Waals surface area contributed by atoms with E-state index >= 15 is 0 Å². The number of hydrogen-bond acceptors (Lipinski definition) is 7. The molecule has 0 amide bonds. The number of carbonyl (C=O) groups is 1. The molecule has 0 saturated heterocycles. The predicted molar refractivity (Wildman–Crippen MR) is 86.9 cm³/mol. The summed E-state index contributed by atoms with van der Waals surface area (Å²) in [6, 6.07) is 13.1. The molecule has 0 atom stereocenters. The first-order valence-corrected chi connectivity index (χ1v) is 7.49. The van der Waals surface area contributed by atoms with Crippen molar-refractivity contribution in [3.63, 3.8) is 0 Å². The number of carbonyl (C=O) groups excluding carboxylic acids is 1. The highest BCUT2D eigenvalue weighted by Gasteiger charge is 2.09. The fraction of sp³-hybridized carbons (Fsp3) is 0.176. The van der Waals surface area contributed by atoms with Crippen LogP contribution in [-0.2, 0) is 16.1 Å². The van der Waals surface area contributed by atoms with Gasteiger partial charge in [-0.2, -0.15) is 0 Å². The molecule has 0 aliphatic rings. The van der Waals surface area contributed by atoms with Crippen LogP contribution < -0.4 is 5.32 Å². The van der Waals surface area contributed by atoms with Crippen molar-refractivity contribution in [1.29, 1.82) is 0 Å². The molecule has 0 aliphatic carbocycles. The fourth-order valence-corrected chi connectivity index (χ4v) is 2.01. The summed E-state index contributed by atoms with van der Waals surface area (Å²) in [5, 5.41) is 6.85. The van der Waals surface area contributed by atoms with E-state index in [9.17, 15) is 4.79 Å². The second-order valence-corrected chi connectivity index (χ2v) is 4.96. The molecule has 3 aromatic rings. The van der Waals surface area contributed by atoms with Crippen LogP contribution in [0.3, 0.4) is 0 Å². The fourth-order valence-electron chi connectivity index (χ4n) is 2.01. The second kappa shape index (κ2) is 7.87. The lowest BCUT2D eigenvalue weighted by Gasteiger charge is -2.04. The summed E-state index contributed by atoms with van der Waals surface area (Å²) in [5.74, 6) is 0.793. The molecular formula is C17H16N4O3. The molecule has 7 nitrogen and oxygen atoms in total. The molecule has 122 valence electrons. The molecule has 3 rings (SSSR count). The molecule has 1 aromatic carbocycles. The Labute approximate surface area is 138 Å². The van der Waals surface area contributed by atoms with E-state index in [2.05, 4.69) is 20.4 Å². The van der Waals surface area contributed by atoms with Gasteiger partial charge in [-0.3, -0.25) is 4.79 Å². The number of rotatable bonds is 7. The van der Waals surface area contributed by atoms with E-state index in [1.54, 1.807) is 24.5 Å². The van der Waals surface area contributed by atoms with Crippen LogP contribution in [-0.4, -0.2) is 27.6 Å². The van der Waals surface area contributed by atoms with Crippen molar-refractivity contribution < 1.29 is 14.1 Å². The molecular weight excluding hydrogens is 308 g/mol. The Morgan fingerprint density at radius 1 is 1.12 bits per heavy atom. The van der Waals surface area contributed by atoms with Gasteiger partial charge < -0.3 is 14.6 Å². The maximum atomic E-state index is 11.7. The van der Waals surface area contributed by atoms with Gasteiger partial charge in [-0.1, -0.05) is 35.5 Å². The average molecular weight is 324 g/mol. The van der Waals surface area contributed by atoms with Crippen molar-refractivity contribution in [3.05, 3.63) is 60.6 Å². The summed E-state index contributed by atoms with van der Waals surface area (Å²) < 4.78 is 10.4. The quantitative estimate of drug-likeness (QED) is 0.668. The molecule has 2 heterocycles. The number of nitrogens with one attached hydrogen (secondary N) is 1. The number of esters is 1. The zero-order valence-corrected chi connectivity index (χ0v) is 12.9. The highest BCUT2D eigenvalue weighted by atomic mass is 16.5. The van der Waals surface area contributed by atoms with Crippen molar-refractivity contribution in [3.8, 4) is 11.3 Å². The van der Waals surface area contributed by atoms with Crippen molar-refractivity contribution in [2.45, 2.75) is 13.0 Å². The number of benzene rings is 1. The summed E-state index contributed by atoms with van der Waals surface area (Å²) in [6.45, 7) is 0.480. The van der Waals surface area contributed by atoms with Gasteiger partial charge in [0.15, 0.2) is 5.76 Å². The smallest absolute Gasteiger partial charge is 0.307 e. The zero-order chi connectivity index (χ0) is 16.6. The van der Waals surface area contributed by atoms with Crippen molar-refractivity contribution >= 4 is 11.9 Å². The average Bonchev–Trinajstić information content (AvgIpc) is 3.11. The SMILES string of the molecule is O=C(CCNc1ncccn1)OCc1cc(-c2ccccc2)on1. The largest absolute Gasteiger partial charge is 0.459 e. The minimum absolute atomic E-state index is 0.0804. The lowest BCUT2D eigenvalue weighted by molar-refractivity contribution is -0.144. The Hall–Kier alpha value is -3.22. The van der Waals surface area contributed by atoms with Crippen molar-refractivity contribution in [2.24, 2.45) is 0 Å². The molecule has 2 aromatic heterocycles. The van der Waals surface area contributed by atoms with Gasteiger partial charge in [0, 0.05) is 30.6 Å². The normalized spacial score (nSPS) is 10.3. The summed E-state index contributed by atoms with van der Waals surface area (Å²) in [4.78, 5) is 19.7. The van der Waals surface area contributed by atoms with E-state index in [0.717, 1.165) is 5.56 Å². The second-order valence-electron chi connectivity index (χ2n) is 4.96. The summed E-state index contributed by atoms with van der Waals surface area (Å²) >= 11 is 0. The first kappa shape index (κ1) is 15.7. The number of nitrogens with zero attached hydrogens (tertiary/aromatic N) is 3. The molecule has 0 unspecified atom stereocenters. The first-order chi connectivity index (χ1) is 11.8. The lowest BCUT2D eigenvalue weighted by Crippen LogP contribution is -2.12. The van der Waals surface area contributed by atoms with E-state index in [0.29, 0.717) is 23.9 Å². The van der Waals surface area contributed by atoms with Gasteiger partial charge in [-0.25, -0.2) is 9.97 Å². The highest BCUT2D eigenvalue weighted by Crippen LogP contribution is 2.19. The van der Waals surface area contributed by atoms with Crippen LogP contribution in [0.25, 0.3) is 11.3 Å². The molecule has 0 bridgehead atoms. The number of aromatic nitrogens is 3. The molecule has 0 saturated carbocycles. The van der Waals surface area contributed by atoms with E-state index < -0.39 is 0 Å². The van der Waals surface area contributed by atoms with Crippen LogP contribution >= 0.6 is 0 Å². The Kier molecular flexibility index (Phi) is 5.14. The number of anilines is 1. The first-order valence-electron chi connectivity index (χ1n) is 7.49. The minimum Gasteiger partial charge on any atom is -0.459 e. The van der Waals surface area contributed by atoms with Gasteiger partial charge in [0.2, 0.25) is 5.95 Å². The third-order valence-corrected chi connectivity index (χ3v) is 3.18. The van der Waals surface area contributed by atoms with Crippen LogP contribution in [0.4, 0.5) is 5.95 Å². The Morgan fingerprint density at radius 2 is 1.92 bits per heavy atom. The maximum absolute atomic E-state index is 11.7. The van der Waals surface area contributed by atoms with Gasteiger partial charge in [-0.05, 0) is 6.07 Å². The van der Waals surface area contributed by atoms with Crippen molar-refractivity contribution in [1.82, 2.24) is 15.1 Å². The third kappa shape index (κ3) is 4.39. The van der Waals surface area contributed by atoms with E-state index in [1.165, 1.54) is 0 Å². The molecule has 0 fully saturated rings. The van der Waals surface area contributed by atoms with Crippen LogP contribution in [0, 0.1) is 0 Å². The lowest BCUT2D eigenvalue weighted by atomic mass is 10.2. The summed E-state index contributed by atoms with van der Waals surface area (Å²) in [5.41, 5.74) is 1.50. The maximum Gasteiger partial charge on any atom is 0.307 e. The molecule has 1 N–H and O–H groups in total. The van der Waals surface area contributed by atoms with E-state index in [1.807, 2.05) is 30.3 Å². The monoisotopic (exact) mass is 324 g/mol. The Balaban J connectivity index is 1.42. The Bertz CT molecular complexity index is 775. The van der Waals surface area contributed by atoms with Crippen LogP contribution in [0.5, 0.6) is 0 Å². The summed E-state index contributed by atoms with van der Waals surface area (Å²) in [6.07, 6.45) is 3.47. The minimum atomic E-state index is -0.331. The van der Waals surface area contributed by atoms with Crippen molar-refractivity contribution in [2.75, 3.05) is 11.9 Å². The topological polar surface area (TPSA) is 90.1 Å². The third-order valence-electron chi connectivity index (χ3n) is 3.18. The zero-order valence-electron chi connectivity index (χ0n) is 12.9. The number of ether oxygens (including phenoxy) is 1. The van der Waals surface area contributed by atoms with Gasteiger partial charge >= 0.3 is 5.97 Å². The summed E-state index contributed by atoms with van der Waals surface area (Å²) in [7, 11) is 0. The molecule has 0 spiro atoms.